The van der Waals surface area contributed by atoms with Crippen molar-refractivity contribution < 1.29 is 52.5 Å². The summed E-state index contributed by atoms with van der Waals surface area (Å²) in [6, 6.07) is 7.81. The minimum absolute atomic E-state index is 0.00285. The summed E-state index contributed by atoms with van der Waals surface area (Å²) in [5.41, 5.74) is 0.116. The van der Waals surface area contributed by atoms with Crippen LogP contribution in [0.15, 0.2) is 42.5 Å². The highest BCUT2D eigenvalue weighted by molar-refractivity contribution is 7.39. The van der Waals surface area contributed by atoms with Crippen LogP contribution in [0.1, 0.15) is 124 Å². The second-order valence-electron chi connectivity index (χ2n) is 19.9. The van der Waals surface area contributed by atoms with Crippen LogP contribution < -0.4 is 0 Å². The predicted molar refractivity (Wildman–Crippen MR) is 254 cm³/mol. The number of carbonyl (C=O) groups excluding carboxylic acids is 7. The molecule has 2 bridgehead atoms. The van der Waals surface area contributed by atoms with E-state index in [-0.39, 0.29) is 97.0 Å². The number of fused-ring (bicyclic) bond motifs is 2. The number of ketones is 2. The first kappa shape index (κ1) is 53.8. The monoisotopic (exact) mass is 952 g/mol. The summed E-state index contributed by atoms with van der Waals surface area (Å²) in [6.45, 7) is 10.4. The van der Waals surface area contributed by atoms with E-state index in [1.807, 2.05) is 58.0 Å². The molecule has 67 heavy (non-hydrogen) atoms. The highest BCUT2D eigenvalue weighted by Crippen LogP contribution is 2.44. The zero-order valence-electron chi connectivity index (χ0n) is 41.0. The number of hydrogen-bond donors (Lipinski definition) is 1. The molecule has 0 spiro atoms. The number of likely N-dealkylation sites (tertiary alicyclic amines) is 2. The Morgan fingerprint density at radius 2 is 1.57 bits per heavy atom. The number of rotatable bonds is 27. The van der Waals surface area contributed by atoms with Gasteiger partial charge in [-0.2, -0.15) is 4.89 Å². The molecule has 5 amide bonds. The average molecular weight is 952 g/mol. The second kappa shape index (κ2) is 24.9. The van der Waals surface area contributed by atoms with Gasteiger partial charge in [-0.05, 0) is 72.8 Å². The number of amides is 5. The van der Waals surface area contributed by atoms with Crippen LogP contribution >= 0.6 is 8.03 Å². The quantitative estimate of drug-likeness (QED) is 0.0592. The number of carbonyl (C=O) groups is 7. The topological polar surface area (TPSA) is 188 Å². The van der Waals surface area contributed by atoms with E-state index in [1.165, 1.54) is 24.2 Å². The third-order valence-corrected chi connectivity index (χ3v) is 16.3. The van der Waals surface area contributed by atoms with Crippen LogP contribution in [0.4, 0.5) is 0 Å². The number of Topliss-reactive ketones (excluding diaryl/α,β-unsaturated/α-hetero) is 2. The van der Waals surface area contributed by atoms with Crippen molar-refractivity contribution in [2.75, 3.05) is 34.4 Å². The van der Waals surface area contributed by atoms with Crippen molar-refractivity contribution in [2.24, 2.45) is 29.6 Å². The first-order valence-corrected chi connectivity index (χ1v) is 25.9. The van der Waals surface area contributed by atoms with Gasteiger partial charge in [0, 0.05) is 83.6 Å². The van der Waals surface area contributed by atoms with Gasteiger partial charge in [0.15, 0.2) is 11.4 Å². The fourth-order valence-corrected chi connectivity index (χ4v) is 12.0. The number of nitrogens with zero attached hydrogens (tertiary/aromatic N) is 4. The van der Waals surface area contributed by atoms with E-state index in [4.69, 9.17) is 9.47 Å². The summed E-state index contributed by atoms with van der Waals surface area (Å²) < 4.78 is 24.4. The number of likely N-dealkylation sites (N-methyl/N-ethyl adjacent to an activating group) is 1. The summed E-state index contributed by atoms with van der Waals surface area (Å²) in [5, 5.41) is 0. The maximum absolute atomic E-state index is 14.7. The molecule has 3 aliphatic heterocycles. The van der Waals surface area contributed by atoms with Crippen molar-refractivity contribution >= 4 is 49.1 Å². The molecule has 3 heterocycles. The molecule has 1 aromatic carbocycles. The fraction of sp³-hybridized carbons (Fsp3) is 0.706. The van der Waals surface area contributed by atoms with Crippen LogP contribution in [0.25, 0.3) is 0 Å². The Labute approximate surface area is 398 Å². The van der Waals surface area contributed by atoms with Gasteiger partial charge in [0.1, 0.15) is 5.78 Å². The average Bonchev–Trinajstić information content (AvgIpc) is 4.13. The van der Waals surface area contributed by atoms with Crippen LogP contribution in [0.3, 0.4) is 0 Å². The molecule has 12 atom stereocenters. The van der Waals surface area contributed by atoms with E-state index >= 15 is 0 Å². The van der Waals surface area contributed by atoms with Gasteiger partial charge in [0.25, 0.3) is 11.8 Å². The van der Waals surface area contributed by atoms with Crippen LogP contribution in [-0.2, 0) is 54.0 Å². The second-order valence-corrected chi connectivity index (χ2v) is 21.2. The molecule has 370 valence electrons. The van der Waals surface area contributed by atoms with E-state index in [9.17, 15) is 43.0 Å². The number of benzene rings is 1. The lowest BCUT2D eigenvalue weighted by atomic mass is 9.83. The maximum Gasteiger partial charge on any atom is 0.509 e. The van der Waals surface area contributed by atoms with Crippen LogP contribution in [0.5, 0.6) is 0 Å². The van der Waals surface area contributed by atoms with E-state index in [0.717, 1.165) is 24.8 Å². The van der Waals surface area contributed by atoms with Crippen molar-refractivity contribution in [1.29, 1.82) is 0 Å². The first-order chi connectivity index (χ1) is 31.9. The van der Waals surface area contributed by atoms with Gasteiger partial charge in [-0.25, -0.2) is 0 Å². The standard InChI is InChI=1S/C51H75N4O11P/c1-9-33(4)48(43(65-7)31-47(61)53-26-16-19-40(53)50(66-8)34(5)41(56)29-38(67(63)64)27-35-17-12-10-13-18-35)52(6)51(62)39(32(2)3)30-42(57)49-36-21-22-37(28-36)55(49)46(60)20-14-11-15-25-54-44(58)23-24-45(54)59/h10,12-13,17-18,23-24,32-34,36-40,43,48-50H,9,11,14-16,19-22,25-31H2,1-8H3/p+1/t33-,34-,36-,37+,38+,39-,40-,43+,48-,49-,50+/m0/s1. The van der Waals surface area contributed by atoms with Crippen molar-refractivity contribution in [1.82, 2.24) is 19.6 Å². The SMILES string of the molecule is CC[C@H](C)[C@@H]([C@@H](CC(=O)N1CCC[C@H]1[C@H](OC)[C@@H](C)C(=O)C[C@@H](Cc1ccccc1)[P+](=O)O)OC)N(C)C(=O)[C@@H](CC(=O)[C@@H]1[C@H]2CC[C@H](C2)N1C(=O)CCCCCN1C(=O)C=CC1=O)C(C)C. The molecule has 5 rings (SSSR count). The Balaban J connectivity index is 1.22. The molecule has 2 saturated heterocycles. The predicted octanol–water partition coefficient (Wildman–Crippen LogP) is 6.31. The zero-order chi connectivity index (χ0) is 49.1. The van der Waals surface area contributed by atoms with Gasteiger partial charge >= 0.3 is 8.03 Å². The minimum atomic E-state index is -2.63. The highest BCUT2D eigenvalue weighted by atomic mass is 31.1. The Bertz CT molecular complexity index is 1940. The molecular formula is C51H76N4O11P+. The van der Waals surface area contributed by atoms with Crippen LogP contribution in [0.2, 0.25) is 0 Å². The van der Waals surface area contributed by atoms with Gasteiger partial charge in [0.05, 0.1) is 43.2 Å². The lowest BCUT2D eigenvalue weighted by molar-refractivity contribution is -0.150. The van der Waals surface area contributed by atoms with Gasteiger partial charge in [-0.3, -0.25) is 38.5 Å². The minimum Gasteiger partial charge on any atom is -0.379 e. The number of ether oxygens (including phenoxy) is 2. The summed E-state index contributed by atoms with van der Waals surface area (Å²) in [7, 11) is 2.17. The largest absolute Gasteiger partial charge is 0.509 e. The summed E-state index contributed by atoms with van der Waals surface area (Å²) in [6.07, 6.45) is 7.94. The lowest BCUT2D eigenvalue weighted by Crippen LogP contribution is -2.54. The van der Waals surface area contributed by atoms with Crippen molar-refractivity contribution in [2.45, 2.75) is 167 Å². The number of methoxy groups -OCH3 is 2. The molecule has 1 saturated carbocycles. The number of imide groups is 1. The van der Waals surface area contributed by atoms with Gasteiger partial charge in [-0.15, -0.1) is 0 Å². The molecule has 4 aliphatic rings. The molecule has 16 heteroatoms. The molecule has 1 aromatic rings. The number of hydrogen-bond acceptors (Lipinski definition) is 10. The van der Waals surface area contributed by atoms with E-state index < -0.39 is 55.9 Å². The van der Waals surface area contributed by atoms with Crippen LogP contribution in [0, 0.1) is 29.6 Å². The molecule has 1 N–H and O–H groups in total. The molecule has 15 nitrogen and oxygen atoms in total. The maximum atomic E-state index is 14.7. The molecule has 1 aliphatic carbocycles. The van der Waals surface area contributed by atoms with Crippen molar-refractivity contribution in [3.8, 4) is 0 Å². The lowest BCUT2D eigenvalue weighted by Gasteiger charge is -2.41. The molecule has 0 radical (unpaired) electrons. The zero-order valence-corrected chi connectivity index (χ0v) is 41.9. The summed E-state index contributed by atoms with van der Waals surface area (Å²) >= 11 is 0. The van der Waals surface area contributed by atoms with Gasteiger partial charge in [-0.1, -0.05) is 77.8 Å². The number of unbranched alkanes of at least 4 members (excludes halogenated alkanes) is 2. The highest BCUT2D eigenvalue weighted by Gasteiger charge is 2.52. The fourth-order valence-electron chi connectivity index (χ4n) is 11.3. The Kier molecular flexibility index (Phi) is 20.0. The number of piperidine rings is 1. The molecular weight excluding hydrogens is 876 g/mol. The van der Waals surface area contributed by atoms with E-state index in [1.54, 1.807) is 35.8 Å². The van der Waals surface area contributed by atoms with Crippen molar-refractivity contribution in [3.05, 3.63) is 48.0 Å². The summed E-state index contributed by atoms with van der Waals surface area (Å²) in [5.74, 6) is -2.95. The molecule has 3 fully saturated rings. The van der Waals surface area contributed by atoms with Gasteiger partial charge < -0.3 is 24.2 Å². The van der Waals surface area contributed by atoms with E-state index in [2.05, 4.69) is 0 Å². The Morgan fingerprint density at radius 3 is 2.18 bits per heavy atom. The smallest absolute Gasteiger partial charge is 0.379 e. The van der Waals surface area contributed by atoms with Crippen molar-refractivity contribution in [3.63, 3.8) is 0 Å². The third kappa shape index (κ3) is 13.1. The normalized spacial score (nSPS) is 23.6. The third-order valence-electron chi connectivity index (χ3n) is 15.3. The first-order valence-electron chi connectivity index (χ1n) is 24.6. The molecule has 0 aromatic heterocycles. The molecule has 1 unspecified atom stereocenters. The van der Waals surface area contributed by atoms with Crippen LogP contribution in [-0.4, -0.2) is 142 Å². The van der Waals surface area contributed by atoms with E-state index in [0.29, 0.717) is 51.6 Å². The summed E-state index contributed by atoms with van der Waals surface area (Å²) in [4.78, 5) is 111. The Morgan fingerprint density at radius 1 is 0.881 bits per heavy atom. The van der Waals surface area contributed by atoms with Gasteiger partial charge in [0.2, 0.25) is 17.7 Å². The Hall–Kier alpha value is -4.17.